The third-order valence-corrected chi connectivity index (χ3v) is 15.3. The molecule has 6 amide bonds. The number of aryl methyl sites for hydroxylation is 2. The molecule has 390 valence electrons. The van der Waals surface area contributed by atoms with E-state index in [-0.39, 0.29) is 63.9 Å². The van der Waals surface area contributed by atoms with E-state index >= 15 is 0 Å². The zero-order valence-electron chi connectivity index (χ0n) is 42.8. The van der Waals surface area contributed by atoms with Gasteiger partial charge < -0.3 is 36.2 Å². The van der Waals surface area contributed by atoms with Crippen LogP contribution in [0.15, 0.2) is 83.9 Å². The second-order valence-corrected chi connectivity index (χ2v) is 21.9. The minimum atomic E-state index is -1.01. The van der Waals surface area contributed by atoms with Gasteiger partial charge in [0.05, 0.1) is 24.7 Å². The molecule has 0 aliphatic carbocycles. The molecule has 8 rings (SSSR count). The summed E-state index contributed by atoms with van der Waals surface area (Å²) in [7, 11) is 0. The van der Waals surface area contributed by atoms with Gasteiger partial charge in [-0.05, 0) is 86.3 Å². The summed E-state index contributed by atoms with van der Waals surface area (Å²) >= 11 is 7.92. The first-order valence-corrected chi connectivity index (χ1v) is 26.5. The highest BCUT2D eigenvalue weighted by atomic mass is 35.5. The van der Waals surface area contributed by atoms with Crippen molar-refractivity contribution >= 4 is 64.1 Å². The number of nitrogens with one attached hydrogen (secondary N) is 5. The summed E-state index contributed by atoms with van der Waals surface area (Å²) in [6.07, 6.45) is 1.66. The van der Waals surface area contributed by atoms with Gasteiger partial charge in [0.1, 0.15) is 41.6 Å². The molecule has 3 aromatic carbocycles. The number of benzene rings is 3. The van der Waals surface area contributed by atoms with Gasteiger partial charge in [-0.3, -0.25) is 38.3 Å². The van der Waals surface area contributed by atoms with Crippen LogP contribution in [0.4, 0.5) is 0 Å². The number of rotatable bonds is 8. The Kier molecular flexibility index (Phi) is 17.1. The molecule has 3 aliphatic rings. The number of carbonyl (C=O) groups is 6. The minimum absolute atomic E-state index is 0.00656. The van der Waals surface area contributed by atoms with Gasteiger partial charge in [-0.1, -0.05) is 99.1 Å². The van der Waals surface area contributed by atoms with Crippen LogP contribution >= 0.6 is 22.9 Å². The fourth-order valence-corrected chi connectivity index (χ4v) is 11.0. The van der Waals surface area contributed by atoms with Gasteiger partial charge in [-0.2, -0.15) is 0 Å². The number of nitrogens with zero attached hydrogens (tertiary/aromatic N) is 5. The molecule has 17 nitrogen and oxygen atoms in total. The molecule has 0 radical (unpaired) electrons. The molecule has 0 saturated carbocycles. The summed E-state index contributed by atoms with van der Waals surface area (Å²) < 4.78 is 7.64. The van der Waals surface area contributed by atoms with E-state index in [0.29, 0.717) is 48.2 Å². The Bertz CT molecular complexity index is 2900. The molecule has 1 unspecified atom stereocenters. The lowest BCUT2D eigenvalue weighted by atomic mass is 9.85. The highest BCUT2D eigenvalue weighted by Gasteiger charge is 2.43. The summed E-state index contributed by atoms with van der Waals surface area (Å²) in [5, 5.41) is 25.1. The van der Waals surface area contributed by atoms with E-state index < -0.39 is 59.1 Å². The molecule has 0 bridgehead atoms. The summed E-state index contributed by atoms with van der Waals surface area (Å²) in [4.78, 5) is 91.8. The Labute approximate surface area is 440 Å². The molecule has 3 aliphatic heterocycles. The van der Waals surface area contributed by atoms with Crippen molar-refractivity contribution < 1.29 is 33.5 Å². The maximum Gasteiger partial charge on any atom is 0.246 e. The Morgan fingerprint density at radius 2 is 1.53 bits per heavy atom. The predicted octanol–water partition coefficient (Wildman–Crippen LogP) is 5.88. The second kappa shape index (κ2) is 23.6. The Morgan fingerprint density at radius 3 is 2.26 bits per heavy atom. The van der Waals surface area contributed by atoms with Crippen molar-refractivity contribution in [1.82, 2.24) is 46.2 Å². The molecule has 5 aromatic rings. The third-order valence-electron chi connectivity index (χ3n) is 13.9. The highest BCUT2D eigenvalue weighted by molar-refractivity contribution is 7.15. The van der Waals surface area contributed by atoms with Crippen molar-refractivity contribution in [3.8, 4) is 16.1 Å². The normalized spacial score (nSPS) is 21.6. The van der Waals surface area contributed by atoms with Crippen molar-refractivity contribution in [1.29, 1.82) is 0 Å². The summed E-state index contributed by atoms with van der Waals surface area (Å²) in [5.41, 5.74) is 5.66. The van der Waals surface area contributed by atoms with Crippen LogP contribution in [0.25, 0.3) is 16.1 Å². The van der Waals surface area contributed by atoms with Crippen molar-refractivity contribution in [3.63, 3.8) is 0 Å². The van der Waals surface area contributed by atoms with Crippen LogP contribution in [0.2, 0.25) is 5.02 Å². The van der Waals surface area contributed by atoms with Crippen LogP contribution in [-0.4, -0.2) is 118 Å². The van der Waals surface area contributed by atoms with Gasteiger partial charge in [0, 0.05) is 53.6 Å². The van der Waals surface area contributed by atoms with Crippen LogP contribution in [0.3, 0.4) is 0 Å². The van der Waals surface area contributed by atoms with E-state index in [1.807, 2.05) is 111 Å². The highest BCUT2D eigenvalue weighted by Crippen LogP contribution is 2.40. The number of carbonyl (C=O) groups excluding carboxylic acids is 6. The number of amides is 6. The molecule has 5 atom stereocenters. The van der Waals surface area contributed by atoms with Crippen molar-refractivity contribution in [2.45, 2.75) is 104 Å². The van der Waals surface area contributed by atoms with Crippen LogP contribution in [0, 0.1) is 32.1 Å². The van der Waals surface area contributed by atoms with E-state index in [0.717, 1.165) is 43.3 Å². The summed E-state index contributed by atoms with van der Waals surface area (Å²) in [5.74, 6) is -2.10. The SMILES string of the molecule is Cc1sc2c(c1C)C(c1ccc(Cl)cc1)=N[C@@H](CC(=O)NC[C@H]1CCCNC(=O)[C@@H](Cc3ccc(-c4ccccc4)cc3)NC(=O)[C@@H]3CCCN3C(=O)C(C(C)(C)C)NC(=O)COCCNC1=O)c1nnc(C)n1-2. The lowest BCUT2D eigenvalue weighted by Crippen LogP contribution is -2.59. The first-order chi connectivity index (χ1) is 35.5. The van der Waals surface area contributed by atoms with E-state index in [1.165, 1.54) is 4.90 Å². The number of aliphatic imine (C=N–C) groups is 1. The molecule has 5 N–H and O–H groups in total. The molecular formula is C55H65ClN10O7S. The largest absolute Gasteiger partial charge is 0.370 e. The van der Waals surface area contributed by atoms with Crippen LogP contribution in [0.5, 0.6) is 0 Å². The maximum atomic E-state index is 14.2. The van der Waals surface area contributed by atoms with Gasteiger partial charge >= 0.3 is 0 Å². The fourth-order valence-electron chi connectivity index (χ4n) is 9.68. The minimum Gasteiger partial charge on any atom is -0.370 e. The first-order valence-electron chi connectivity index (χ1n) is 25.3. The molecule has 2 fully saturated rings. The summed E-state index contributed by atoms with van der Waals surface area (Å²) in [6.45, 7) is 11.6. The van der Waals surface area contributed by atoms with Gasteiger partial charge in [-0.25, -0.2) is 0 Å². The topological polar surface area (TPSA) is 218 Å². The zero-order valence-corrected chi connectivity index (χ0v) is 44.3. The molecule has 2 aromatic heterocycles. The van der Waals surface area contributed by atoms with Crippen molar-refractivity contribution in [2.75, 3.05) is 39.4 Å². The van der Waals surface area contributed by atoms with Crippen molar-refractivity contribution in [2.24, 2.45) is 16.3 Å². The van der Waals surface area contributed by atoms with E-state index in [1.54, 1.807) is 11.3 Å². The molecule has 2 saturated heterocycles. The van der Waals surface area contributed by atoms with Crippen molar-refractivity contribution in [3.05, 3.63) is 123 Å². The van der Waals surface area contributed by atoms with Crippen LogP contribution in [0.1, 0.15) is 97.7 Å². The second-order valence-electron chi connectivity index (χ2n) is 20.3. The number of fused-ring (bicyclic) bond motifs is 4. The Hall–Kier alpha value is -6.76. The number of hydrogen-bond donors (Lipinski definition) is 5. The zero-order chi connectivity index (χ0) is 52.7. The van der Waals surface area contributed by atoms with Crippen LogP contribution in [-0.2, 0) is 39.9 Å². The number of ether oxygens (including phenoxy) is 1. The van der Waals surface area contributed by atoms with Gasteiger partial charge in [0.2, 0.25) is 35.4 Å². The monoisotopic (exact) mass is 1040 g/mol. The molecule has 0 spiro atoms. The van der Waals surface area contributed by atoms with E-state index in [2.05, 4.69) is 50.6 Å². The smallest absolute Gasteiger partial charge is 0.246 e. The number of hydrogen-bond acceptors (Lipinski definition) is 11. The molecule has 19 heteroatoms. The van der Waals surface area contributed by atoms with Gasteiger partial charge in [-0.15, -0.1) is 21.5 Å². The van der Waals surface area contributed by atoms with E-state index in [9.17, 15) is 28.8 Å². The quantitative estimate of drug-likeness (QED) is 0.125. The molecule has 5 heterocycles. The standard InChI is InChI=1S/C55H65ClN10O7S/c1-32-33(2)74-54-46(32)47(38-20-22-40(56)23-21-38)60-41(49-64-63-34(3)66(49)54)29-44(67)59-30-39-14-10-24-57-51(70)42(28-35-16-18-37(19-17-35)36-12-8-7-9-13-36)61-52(71)43-15-11-26-65(43)53(72)48(55(4,5)6)62-45(68)31-73-27-25-58-50(39)69/h7-9,12-13,16-23,39,41-43,48H,10-11,14-15,24-31H2,1-6H3,(H,57,70)(H,58,69)(H,59,67)(H,61,71)(H,62,68)/t39-,41+,42-,43+,48?/m1/s1. The Balaban J connectivity index is 1.00. The summed E-state index contributed by atoms with van der Waals surface area (Å²) in [6, 6.07) is 21.6. The fraction of sp³-hybridized carbons (Fsp3) is 0.436. The number of thiophene rings is 1. The van der Waals surface area contributed by atoms with E-state index in [4.69, 9.17) is 21.3 Å². The Morgan fingerprint density at radius 1 is 0.824 bits per heavy atom. The lowest BCUT2D eigenvalue weighted by Gasteiger charge is -2.35. The average Bonchev–Trinajstić information content (AvgIpc) is 4.08. The molecular weight excluding hydrogens is 980 g/mol. The van der Waals surface area contributed by atoms with Gasteiger partial charge in [0.15, 0.2) is 5.82 Å². The average molecular weight is 1050 g/mol. The van der Waals surface area contributed by atoms with Crippen LogP contribution < -0.4 is 26.6 Å². The first kappa shape index (κ1) is 53.5. The third kappa shape index (κ3) is 12.6. The predicted molar refractivity (Wildman–Crippen MR) is 284 cm³/mol. The van der Waals surface area contributed by atoms with Gasteiger partial charge in [0.25, 0.3) is 0 Å². The number of aromatic nitrogens is 3. The maximum absolute atomic E-state index is 14.2. The number of halogens is 1. The molecule has 74 heavy (non-hydrogen) atoms. The lowest BCUT2D eigenvalue weighted by molar-refractivity contribution is -0.145.